The Labute approximate surface area is 137 Å². The normalized spacial score (nSPS) is 11.1. The molecule has 0 heterocycles. The number of aryl methyl sites for hydroxylation is 1. The molecule has 0 spiro atoms. The van der Waals surface area contributed by atoms with E-state index in [9.17, 15) is 18.0 Å². The van der Waals surface area contributed by atoms with E-state index in [4.69, 9.17) is 0 Å². The quantitative estimate of drug-likeness (QED) is 0.695. The lowest BCUT2D eigenvalue weighted by atomic mass is 10.1. The molecule has 0 atom stereocenters. The van der Waals surface area contributed by atoms with Gasteiger partial charge in [-0.25, -0.2) is 13.1 Å². The van der Waals surface area contributed by atoms with Crippen molar-refractivity contribution >= 4 is 21.8 Å². The van der Waals surface area contributed by atoms with Crippen LogP contribution in [0.2, 0.25) is 0 Å². The summed E-state index contributed by atoms with van der Waals surface area (Å²) in [4.78, 5) is 24.9. The van der Waals surface area contributed by atoms with Gasteiger partial charge in [0.05, 0.1) is 5.75 Å². The van der Waals surface area contributed by atoms with E-state index in [1.54, 1.807) is 26.2 Å². The molecular weight excluding hydrogens is 318 g/mol. The minimum Gasteiger partial charge on any atom is -0.355 e. The van der Waals surface area contributed by atoms with Crippen LogP contribution in [0.3, 0.4) is 0 Å². The van der Waals surface area contributed by atoms with E-state index in [2.05, 4.69) is 10.0 Å². The van der Waals surface area contributed by atoms with Gasteiger partial charge in [0.15, 0.2) is 0 Å². The van der Waals surface area contributed by atoms with Crippen LogP contribution in [-0.2, 0) is 21.2 Å². The Morgan fingerprint density at radius 3 is 2.26 bits per heavy atom. The highest BCUT2D eigenvalue weighted by Gasteiger charge is 2.09. The number of carbonyl (C=O) groups is 2. The van der Waals surface area contributed by atoms with Gasteiger partial charge in [-0.3, -0.25) is 9.59 Å². The number of sulfonamides is 1. The van der Waals surface area contributed by atoms with Crippen LogP contribution < -0.4 is 10.0 Å². The van der Waals surface area contributed by atoms with E-state index >= 15 is 0 Å². The third kappa shape index (κ3) is 6.79. The highest BCUT2D eigenvalue weighted by atomic mass is 32.2. The molecule has 0 fully saturated rings. The van der Waals surface area contributed by atoms with Crippen LogP contribution in [0, 0.1) is 0 Å². The fraction of sp³-hybridized carbons (Fsp3) is 0.467. The van der Waals surface area contributed by atoms with E-state index in [0.29, 0.717) is 12.0 Å². The Bertz CT molecular complexity index is 639. The highest BCUT2D eigenvalue weighted by Crippen LogP contribution is 2.08. The largest absolute Gasteiger partial charge is 0.355 e. The van der Waals surface area contributed by atoms with Gasteiger partial charge in [0.25, 0.3) is 5.91 Å². The van der Waals surface area contributed by atoms with Crippen molar-refractivity contribution in [1.29, 1.82) is 0 Å². The van der Waals surface area contributed by atoms with Crippen LogP contribution in [0.4, 0.5) is 0 Å². The summed E-state index contributed by atoms with van der Waals surface area (Å²) in [5.74, 6) is -0.416. The molecule has 1 rings (SSSR count). The number of rotatable bonds is 8. The van der Waals surface area contributed by atoms with E-state index < -0.39 is 10.0 Å². The zero-order chi connectivity index (χ0) is 17.5. The maximum absolute atomic E-state index is 11.8. The second kappa shape index (κ2) is 8.64. The first-order chi connectivity index (χ1) is 10.7. The van der Waals surface area contributed by atoms with E-state index in [-0.39, 0.29) is 30.5 Å². The Morgan fingerprint density at radius 2 is 1.74 bits per heavy atom. The van der Waals surface area contributed by atoms with Gasteiger partial charge in [0.2, 0.25) is 15.9 Å². The molecule has 2 amide bonds. The third-order valence-corrected chi connectivity index (χ3v) is 4.62. The van der Waals surface area contributed by atoms with Crippen molar-refractivity contribution in [2.75, 3.05) is 33.4 Å². The van der Waals surface area contributed by atoms with E-state index in [1.807, 2.05) is 12.1 Å². The van der Waals surface area contributed by atoms with Gasteiger partial charge in [0.1, 0.15) is 0 Å². The van der Waals surface area contributed by atoms with Crippen LogP contribution in [-0.4, -0.2) is 58.6 Å². The molecule has 1 aromatic rings. The molecule has 0 unspecified atom stereocenters. The first-order valence-corrected chi connectivity index (χ1v) is 8.89. The summed E-state index contributed by atoms with van der Waals surface area (Å²) in [5.41, 5.74) is 1.54. The molecular formula is C15H23N3O4S. The molecule has 0 aliphatic carbocycles. The standard InChI is InChI=1S/C15H23N3O4S/c1-16-23(21,22)11-10-17-14(19)9-6-12-4-7-13(8-5-12)15(20)18(2)3/h4-5,7-8,16H,6,9-11H2,1-3H3,(H,17,19). The average molecular weight is 341 g/mol. The summed E-state index contributed by atoms with van der Waals surface area (Å²) >= 11 is 0. The number of amides is 2. The van der Waals surface area contributed by atoms with Crippen molar-refractivity contribution in [3.05, 3.63) is 35.4 Å². The minimum absolute atomic E-state index is 0.0694. The van der Waals surface area contributed by atoms with Crippen molar-refractivity contribution in [3.8, 4) is 0 Å². The Balaban J connectivity index is 2.40. The monoisotopic (exact) mass is 341 g/mol. The molecule has 23 heavy (non-hydrogen) atoms. The lowest BCUT2D eigenvalue weighted by Gasteiger charge is -2.10. The summed E-state index contributed by atoms with van der Waals surface area (Å²) in [6, 6.07) is 7.09. The number of hydrogen-bond donors (Lipinski definition) is 2. The number of benzene rings is 1. The smallest absolute Gasteiger partial charge is 0.253 e. The fourth-order valence-electron chi connectivity index (χ4n) is 1.85. The van der Waals surface area contributed by atoms with Gasteiger partial charge in [0, 0.05) is 32.6 Å². The molecule has 1 aromatic carbocycles. The number of nitrogens with one attached hydrogen (secondary N) is 2. The Morgan fingerprint density at radius 1 is 1.13 bits per heavy atom. The zero-order valence-corrected chi connectivity index (χ0v) is 14.4. The molecule has 8 heteroatoms. The fourth-order valence-corrected chi connectivity index (χ4v) is 2.42. The second-order valence-electron chi connectivity index (χ2n) is 5.27. The molecule has 0 aliphatic heterocycles. The van der Waals surface area contributed by atoms with Crippen molar-refractivity contribution in [3.63, 3.8) is 0 Å². The average Bonchev–Trinajstić information content (AvgIpc) is 2.52. The van der Waals surface area contributed by atoms with Crippen LogP contribution in [0.25, 0.3) is 0 Å². The lowest BCUT2D eigenvalue weighted by molar-refractivity contribution is -0.120. The van der Waals surface area contributed by atoms with Crippen LogP contribution in [0.15, 0.2) is 24.3 Å². The predicted octanol–water partition coefficient (Wildman–Crippen LogP) is -0.0136. The summed E-state index contributed by atoms with van der Waals surface area (Å²) in [6.07, 6.45) is 0.793. The zero-order valence-electron chi connectivity index (χ0n) is 13.6. The Kier molecular flexibility index (Phi) is 7.18. The van der Waals surface area contributed by atoms with Gasteiger partial charge < -0.3 is 10.2 Å². The molecule has 0 saturated heterocycles. The van der Waals surface area contributed by atoms with Crippen molar-refractivity contribution in [2.45, 2.75) is 12.8 Å². The highest BCUT2D eigenvalue weighted by molar-refractivity contribution is 7.89. The van der Waals surface area contributed by atoms with Crippen molar-refractivity contribution in [1.82, 2.24) is 14.9 Å². The summed E-state index contributed by atoms with van der Waals surface area (Å²) in [6.45, 7) is 0.0816. The van der Waals surface area contributed by atoms with Crippen molar-refractivity contribution in [2.24, 2.45) is 0 Å². The van der Waals surface area contributed by atoms with Crippen LogP contribution in [0.5, 0.6) is 0 Å². The first kappa shape index (κ1) is 19.1. The van der Waals surface area contributed by atoms with Gasteiger partial charge in [-0.1, -0.05) is 12.1 Å². The van der Waals surface area contributed by atoms with Crippen LogP contribution >= 0.6 is 0 Å². The molecule has 0 aliphatic rings. The maximum atomic E-state index is 11.8. The van der Waals surface area contributed by atoms with Crippen molar-refractivity contribution < 1.29 is 18.0 Å². The van der Waals surface area contributed by atoms with E-state index in [1.165, 1.54) is 11.9 Å². The van der Waals surface area contributed by atoms with Gasteiger partial charge >= 0.3 is 0 Å². The molecule has 0 saturated carbocycles. The SMILES string of the molecule is CNS(=O)(=O)CCNC(=O)CCc1ccc(C(=O)N(C)C)cc1. The molecule has 0 aromatic heterocycles. The summed E-state index contributed by atoms with van der Waals surface area (Å²) in [7, 11) is 1.41. The second-order valence-corrected chi connectivity index (χ2v) is 7.32. The van der Waals surface area contributed by atoms with Gasteiger partial charge in [-0.2, -0.15) is 0 Å². The number of hydrogen-bond acceptors (Lipinski definition) is 4. The lowest BCUT2D eigenvalue weighted by Crippen LogP contribution is -2.33. The molecule has 7 nitrogen and oxygen atoms in total. The molecule has 2 N–H and O–H groups in total. The molecule has 128 valence electrons. The van der Waals surface area contributed by atoms with Gasteiger partial charge in [-0.15, -0.1) is 0 Å². The Hall–Kier alpha value is -1.93. The van der Waals surface area contributed by atoms with Crippen LogP contribution in [0.1, 0.15) is 22.3 Å². The molecule has 0 radical (unpaired) electrons. The number of carbonyl (C=O) groups excluding carboxylic acids is 2. The summed E-state index contributed by atoms with van der Waals surface area (Å²) in [5, 5.41) is 2.57. The first-order valence-electron chi connectivity index (χ1n) is 7.23. The maximum Gasteiger partial charge on any atom is 0.253 e. The summed E-state index contributed by atoms with van der Waals surface area (Å²) < 4.78 is 24.6. The minimum atomic E-state index is -3.30. The third-order valence-electron chi connectivity index (χ3n) is 3.25. The topological polar surface area (TPSA) is 95.6 Å². The predicted molar refractivity (Wildman–Crippen MR) is 88.6 cm³/mol. The van der Waals surface area contributed by atoms with E-state index in [0.717, 1.165) is 5.56 Å². The van der Waals surface area contributed by atoms with Gasteiger partial charge in [-0.05, 0) is 31.2 Å². The molecule has 0 bridgehead atoms. The number of nitrogens with zero attached hydrogens (tertiary/aromatic N) is 1.